The Morgan fingerprint density at radius 3 is 2.59 bits per heavy atom. The molecule has 2 aromatic heterocycles. The van der Waals surface area contributed by atoms with Gasteiger partial charge in [0.25, 0.3) is 0 Å². The van der Waals surface area contributed by atoms with Crippen molar-refractivity contribution in [1.82, 2.24) is 9.55 Å². The van der Waals surface area contributed by atoms with Crippen LogP contribution in [0.1, 0.15) is 39.2 Å². The standard InChI is InChI=1S/C29H40N4O3Si/c1-29(2,3)33-24-11-7-19(15-20(24)16-25(33)28(34)35)23-17-32(18-36-13-14-37(4,5)6)27-22(23)10-12-26(31-27)30-21-8-9-21/h7,10-12,15,17,21,25H,8-9,13-14,16,18H2,1-6H3,(H,30,31)(H,34,35). The van der Waals surface area contributed by atoms with E-state index in [4.69, 9.17) is 9.72 Å². The Morgan fingerprint density at radius 1 is 1.19 bits per heavy atom. The molecule has 0 radical (unpaired) electrons. The number of hydrogen-bond acceptors (Lipinski definition) is 5. The normalized spacial score (nSPS) is 17.9. The van der Waals surface area contributed by atoms with Crippen molar-refractivity contribution in [3.63, 3.8) is 0 Å². The molecule has 1 aliphatic heterocycles. The summed E-state index contributed by atoms with van der Waals surface area (Å²) in [6, 6.07) is 11.7. The number of ether oxygens (including phenoxy) is 1. The fourth-order valence-electron chi connectivity index (χ4n) is 5.20. The minimum atomic E-state index is -1.17. The molecule has 0 spiro atoms. The number of nitrogens with one attached hydrogen (secondary N) is 1. The predicted molar refractivity (Wildman–Crippen MR) is 153 cm³/mol. The average molecular weight is 521 g/mol. The maximum Gasteiger partial charge on any atom is 0.326 e. The number of rotatable bonds is 9. The molecule has 198 valence electrons. The van der Waals surface area contributed by atoms with Crippen LogP contribution in [0.4, 0.5) is 11.5 Å². The highest BCUT2D eigenvalue weighted by Gasteiger charge is 2.40. The van der Waals surface area contributed by atoms with Gasteiger partial charge in [-0.2, -0.15) is 0 Å². The largest absolute Gasteiger partial charge is 0.480 e. The predicted octanol–water partition coefficient (Wildman–Crippen LogP) is 6.20. The van der Waals surface area contributed by atoms with Gasteiger partial charge in [0.2, 0.25) is 0 Å². The summed E-state index contributed by atoms with van der Waals surface area (Å²) in [5.74, 6) is 0.127. The number of carboxylic acids is 1. The first-order valence-electron chi connectivity index (χ1n) is 13.4. The van der Waals surface area contributed by atoms with Gasteiger partial charge in [-0.15, -0.1) is 0 Å². The van der Waals surface area contributed by atoms with E-state index < -0.39 is 20.1 Å². The average Bonchev–Trinajstić information content (AvgIpc) is 3.41. The van der Waals surface area contributed by atoms with Gasteiger partial charge in [-0.25, -0.2) is 9.78 Å². The van der Waals surface area contributed by atoms with E-state index in [1.807, 2.05) is 4.90 Å². The number of aliphatic carboxylic acids is 1. The summed E-state index contributed by atoms with van der Waals surface area (Å²) < 4.78 is 8.23. The maximum atomic E-state index is 12.1. The molecule has 0 bridgehead atoms. The molecule has 1 unspecified atom stereocenters. The zero-order valence-corrected chi connectivity index (χ0v) is 24.0. The number of aromatic nitrogens is 2. The molecule has 37 heavy (non-hydrogen) atoms. The lowest BCUT2D eigenvalue weighted by atomic mass is 10.0. The SMILES string of the molecule is CC(C)(C)N1c2ccc(-c3cn(COCC[Si](C)(C)C)c4nc(NC5CC5)ccc34)cc2CC1C(=O)O. The maximum absolute atomic E-state index is 12.1. The lowest BCUT2D eigenvalue weighted by molar-refractivity contribution is -0.138. The number of anilines is 2. The lowest BCUT2D eigenvalue weighted by Crippen LogP contribution is -2.49. The van der Waals surface area contributed by atoms with E-state index in [9.17, 15) is 9.90 Å². The highest BCUT2D eigenvalue weighted by molar-refractivity contribution is 6.76. The summed E-state index contributed by atoms with van der Waals surface area (Å²) in [5, 5.41) is 14.5. The molecule has 1 fully saturated rings. The molecule has 1 aromatic carbocycles. The van der Waals surface area contributed by atoms with E-state index in [1.54, 1.807) is 0 Å². The Hall–Kier alpha value is -2.84. The van der Waals surface area contributed by atoms with Crippen LogP contribution in [0, 0.1) is 0 Å². The van der Waals surface area contributed by atoms with E-state index in [0.717, 1.165) is 51.9 Å². The van der Waals surface area contributed by atoms with E-state index >= 15 is 0 Å². The van der Waals surface area contributed by atoms with Crippen molar-refractivity contribution in [1.29, 1.82) is 0 Å². The van der Waals surface area contributed by atoms with Crippen LogP contribution in [0.15, 0.2) is 36.5 Å². The minimum absolute atomic E-state index is 0.284. The molecular formula is C29H40N4O3Si. The van der Waals surface area contributed by atoms with E-state index in [2.05, 4.69) is 86.8 Å². The Kier molecular flexibility index (Phi) is 6.60. The second-order valence-corrected chi connectivity index (χ2v) is 18.4. The molecule has 8 heteroatoms. The first kappa shape index (κ1) is 25.8. The molecule has 0 saturated heterocycles. The first-order chi connectivity index (χ1) is 17.4. The topological polar surface area (TPSA) is 79.6 Å². The quantitative estimate of drug-likeness (QED) is 0.258. The van der Waals surface area contributed by atoms with Gasteiger partial charge >= 0.3 is 5.97 Å². The Labute approximate surface area is 220 Å². The molecule has 1 atom stereocenters. The smallest absolute Gasteiger partial charge is 0.326 e. The molecule has 2 aliphatic rings. The van der Waals surface area contributed by atoms with Crippen LogP contribution in [0.2, 0.25) is 25.7 Å². The zero-order chi connectivity index (χ0) is 26.5. The number of carboxylic acid groups (broad SMARTS) is 1. The number of nitrogens with zero attached hydrogens (tertiary/aromatic N) is 3. The second kappa shape index (κ2) is 9.47. The zero-order valence-electron chi connectivity index (χ0n) is 23.0. The van der Waals surface area contributed by atoms with Gasteiger partial charge in [0.05, 0.1) is 0 Å². The summed E-state index contributed by atoms with van der Waals surface area (Å²) >= 11 is 0. The van der Waals surface area contributed by atoms with Crippen LogP contribution in [0.25, 0.3) is 22.2 Å². The fraction of sp³-hybridized carbons (Fsp3) is 0.517. The third-order valence-corrected chi connectivity index (χ3v) is 8.97. The molecular weight excluding hydrogens is 480 g/mol. The van der Waals surface area contributed by atoms with Gasteiger partial charge in [-0.1, -0.05) is 25.7 Å². The number of pyridine rings is 1. The van der Waals surface area contributed by atoms with Crippen LogP contribution in [-0.2, 0) is 22.7 Å². The summed E-state index contributed by atoms with van der Waals surface area (Å²) in [7, 11) is -1.17. The summed E-state index contributed by atoms with van der Waals surface area (Å²) in [4.78, 5) is 19.1. The van der Waals surface area contributed by atoms with Gasteiger partial charge in [-0.05, 0) is 75.0 Å². The van der Waals surface area contributed by atoms with Crippen LogP contribution in [-0.4, -0.2) is 52.9 Å². The van der Waals surface area contributed by atoms with Gasteiger partial charge in [-0.3, -0.25) is 0 Å². The van der Waals surface area contributed by atoms with E-state index in [1.165, 1.54) is 12.8 Å². The molecule has 5 rings (SSSR count). The van der Waals surface area contributed by atoms with Gasteiger partial charge in [0, 0.05) is 55.5 Å². The van der Waals surface area contributed by atoms with Crippen LogP contribution in [0.3, 0.4) is 0 Å². The fourth-order valence-corrected chi connectivity index (χ4v) is 5.95. The van der Waals surface area contributed by atoms with Gasteiger partial charge in [0.15, 0.2) is 0 Å². The summed E-state index contributed by atoms with van der Waals surface area (Å²) in [5.41, 5.74) is 4.89. The van der Waals surface area contributed by atoms with Crippen LogP contribution in [0.5, 0.6) is 0 Å². The Morgan fingerprint density at radius 2 is 1.95 bits per heavy atom. The summed E-state index contributed by atoms with van der Waals surface area (Å²) in [6.45, 7) is 14.5. The molecule has 1 saturated carbocycles. The number of benzene rings is 1. The van der Waals surface area contributed by atoms with Crippen LogP contribution >= 0.6 is 0 Å². The molecule has 3 aromatic rings. The Bertz CT molecular complexity index is 1320. The molecule has 1 aliphatic carbocycles. The van der Waals surface area contributed by atoms with Crippen molar-refractivity contribution in [3.8, 4) is 11.1 Å². The van der Waals surface area contributed by atoms with E-state index in [-0.39, 0.29) is 5.54 Å². The molecule has 7 nitrogen and oxygen atoms in total. The second-order valence-electron chi connectivity index (χ2n) is 12.8. The van der Waals surface area contributed by atoms with Gasteiger partial charge in [0.1, 0.15) is 24.2 Å². The van der Waals surface area contributed by atoms with Crippen molar-refractivity contribution < 1.29 is 14.6 Å². The van der Waals surface area contributed by atoms with Crippen molar-refractivity contribution >= 4 is 36.6 Å². The monoisotopic (exact) mass is 520 g/mol. The molecule has 3 heterocycles. The number of fused-ring (bicyclic) bond motifs is 2. The third-order valence-electron chi connectivity index (χ3n) is 7.26. The number of hydrogen-bond donors (Lipinski definition) is 2. The van der Waals surface area contributed by atoms with Crippen molar-refractivity contribution in [2.24, 2.45) is 0 Å². The van der Waals surface area contributed by atoms with Crippen molar-refractivity contribution in [2.45, 2.75) is 90.1 Å². The van der Waals surface area contributed by atoms with Gasteiger partial charge < -0.3 is 24.6 Å². The molecule has 2 N–H and O–H groups in total. The van der Waals surface area contributed by atoms with Crippen molar-refractivity contribution in [3.05, 3.63) is 42.1 Å². The summed E-state index contributed by atoms with van der Waals surface area (Å²) in [6.07, 6.45) is 5.04. The van der Waals surface area contributed by atoms with Crippen molar-refractivity contribution in [2.75, 3.05) is 16.8 Å². The first-order valence-corrected chi connectivity index (χ1v) is 17.1. The number of carbonyl (C=O) groups is 1. The molecule has 0 amide bonds. The van der Waals surface area contributed by atoms with Crippen LogP contribution < -0.4 is 10.2 Å². The Balaban J connectivity index is 1.50. The third kappa shape index (κ3) is 5.55. The minimum Gasteiger partial charge on any atom is -0.480 e. The van der Waals surface area contributed by atoms with E-state index in [0.29, 0.717) is 19.2 Å². The highest BCUT2D eigenvalue weighted by Crippen LogP contribution is 2.41. The lowest BCUT2D eigenvalue weighted by Gasteiger charge is -2.37. The highest BCUT2D eigenvalue weighted by atomic mass is 28.3.